The first-order valence-corrected chi connectivity index (χ1v) is 6.49. The van der Waals surface area contributed by atoms with E-state index in [0.717, 1.165) is 6.42 Å². The summed E-state index contributed by atoms with van der Waals surface area (Å²) in [6.45, 7) is 15.0. The van der Waals surface area contributed by atoms with Gasteiger partial charge in [0.1, 0.15) is 0 Å². The number of aliphatic hydroxyl groups excluding tert-OH is 1. The molecular weight excluding hydrogens is 322 g/mol. The minimum atomic E-state index is 0. The Labute approximate surface area is 141 Å². The molecule has 2 aliphatic rings. The van der Waals surface area contributed by atoms with Gasteiger partial charge in [-0.3, -0.25) is 0 Å². The van der Waals surface area contributed by atoms with Gasteiger partial charge in [0.25, 0.3) is 0 Å². The number of hydrogen-bond donors (Lipinski definition) is 1. The Morgan fingerprint density at radius 2 is 1.68 bits per heavy atom. The molecule has 5 nitrogen and oxygen atoms in total. The molecule has 2 heterocycles. The second-order valence-corrected chi connectivity index (χ2v) is 4.58. The number of aliphatic hydroxyl groups is 1. The van der Waals surface area contributed by atoms with E-state index in [-0.39, 0.29) is 17.4 Å². The summed E-state index contributed by atoms with van der Waals surface area (Å²) < 4.78 is 22.5. The van der Waals surface area contributed by atoms with E-state index < -0.39 is 0 Å². The molecular formula is C16H17CrNO4. The van der Waals surface area contributed by atoms with Crippen molar-refractivity contribution in [2.45, 2.75) is 31.2 Å². The first-order chi connectivity index (χ1) is 10.4. The molecule has 2 atom stereocenters. The van der Waals surface area contributed by atoms with E-state index in [1.165, 1.54) is 30.6 Å². The predicted octanol–water partition coefficient (Wildman–Crippen LogP) is 2.02. The predicted molar refractivity (Wildman–Crippen MR) is 73.0 cm³/mol. The third-order valence-electron chi connectivity index (χ3n) is 3.85. The quantitative estimate of drug-likeness (QED) is 0.660. The van der Waals surface area contributed by atoms with Gasteiger partial charge in [0.2, 0.25) is 0 Å². The smallest absolute Gasteiger partial charge is 0 e. The van der Waals surface area contributed by atoms with Crippen LogP contribution in [0.4, 0.5) is 5.69 Å². The molecule has 0 amide bonds. The Morgan fingerprint density at radius 1 is 1.09 bits per heavy atom. The van der Waals surface area contributed by atoms with Gasteiger partial charge < -0.3 is 10.0 Å². The molecule has 1 aromatic carbocycles. The van der Waals surface area contributed by atoms with Gasteiger partial charge >= 0.3 is 33.9 Å². The summed E-state index contributed by atoms with van der Waals surface area (Å²) in [5, 5.41) is 9.15. The number of nitrogens with zero attached hydrogens (tertiary/aromatic N) is 1. The first kappa shape index (κ1) is 23.0. The summed E-state index contributed by atoms with van der Waals surface area (Å²) in [7, 11) is 0. The standard InChI is InChI=1S/C13H17NO.3CO.Cr/c15-9-7-11-10-4-1-2-5-12(10)14-8-3-6-13(11)14;3*1-2;/h1-2,4-5,11,13,15H,3,6-9H2;;;;/t11-,13-;;;;/m1..../s1. The third kappa shape index (κ3) is 4.88. The van der Waals surface area contributed by atoms with Crippen LogP contribution in [-0.4, -0.2) is 24.3 Å². The Balaban J connectivity index is 0. The van der Waals surface area contributed by atoms with E-state index in [0.29, 0.717) is 18.6 Å². The van der Waals surface area contributed by atoms with Crippen molar-refractivity contribution in [1.29, 1.82) is 0 Å². The van der Waals surface area contributed by atoms with Gasteiger partial charge in [0, 0.05) is 48.2 Å². The molecule has 22 heavy (non-hydrogen) atoms. The SMILES string of the molecule is OCC[C@@H]1c2ccccc2N2CCC[C@H]12.[C-]#[O+].[C-]#[O+].[C-]#[O+].[Cr]. The molecule has 0 aromatic heterocycles. The van der Waals surface area contributed by atoms with Crippen LogP contribution in [0.5, 0.6) is 0 Å². The Morgan fingerprint density at radius 3 is 2.27 bits per heavy atom. The van der Waals surface area contributed by atoms with Crippen LogP contribution in [0.25, 0.3) is 0 Å². The van der Waals surface area contributed by atoms with Crippen LogP contribution in [0.2, 0.25) is 0 Å². The summed E-state index contributed by atoms with van der Waals surface area (Å²) in [6, 6.07) is 9.36. The minimum absolute atomic E-state index is 0. The fraction of sp³-hybridized carbons (Fsp3) is 0.438. The molecule has 0 aliphatic carbocycles. The van der Waals surface area contributed by atoms with Crippen LogP contribution < -0.4 is 4.90 Å². The molecule has 0 radical (unpaired) electrons. The van der Waals surface area contributed by atoms with Gasteiger partial charge in [0.05, 0.1) is 0 Å². The fourth-order valence-corrected chi connectivity index (χ4v) is 3.27. The molecule has 116 valence electrons. The molecule has 6 heteroatoms. The van der Waals surface area contributed by atoms with Crippen LogP contribution in [0, 0.1) is 20.0 Å². The molecule has 0 saturated carbocycles. The van der Waals surface area contributed by atoms with Crippen LogP contribution in [-0.2, 0) is 31.3 Å². The number of hydrogen-bond acceptors (Lipinski definition) is 2. The van der Waals surface area contributed by atoms with E-state index in [1.54, 1.807) is 0 Å². The van der Waals surface area contributed by atoms with E-state index in [9.17, 15) is 0 Å². The Bertz CT molecular complexity index is 472. The first-order valence-electron chi connectivity index (χ1n) is 6.49. The Hall–Kier alpha value is -1.27. The van der Waals surface area contributed by atoms with E-state index in [2.05, 4.69) is 49.1 Å². The normalized spacial score (nSPS) is 19.3. The number of rotatable bonds is 2. The topological polar surface area (TPSA) is 83.2 Å². The van der Waals surface area contributed by atoms with Gasteiger partial charge in [-0.15, -0.1) is 0 Å². The second-order valence-electron chi connectivity index (χ2n) is 4.58. The maximum absolute atomic E-state index is 9.15. The number of para-hydroxylation sites is 1. The summed E-state index contributed by atoms with van der Waals surface area (Å²) in [5.41, 5.74) is 2.87. The third-order valence-corrected chi connectivity index (χ3v) is 3.85. The number of fused-ring (bicyclic) bond motifs is 3. The molecule has 0 unspecified atom stereocenters. The molecule has 2 aliphatic heterocycles. The van der Waals surface area contributed by atoms with Crippen LogP contribution in [0.1, 0.15) is 30.7 Å². The van der Waals surface area contributed by atoms with Gasteiger partial charge in [-0.2, -0.15) is 0 Å². The van der Waals surface area contributed by atoms with Crippen LogP contribution in [0.3, 0.4) is 0 Å². The molecule has 1 saturated heterocycles. The second kappa shape index (κ2) is 13.4. The van der Waals surface area contributed by atoms with Crippen molar-refractivity contribution in [3.63, 3.8) is 0 Å². The van der Waals surface area contributed by atoms with Crippen LogP contribution >= 0.6 is 0 Å². The van der Waals surface area contributed by atoms with Crippen molar-refractivity contribution in [2.24, 2.45) is 0 Å². The van der Waals surface area contributed by atoms with Crippen LogP contribution in [0.15, 0.2) is 24.3 Å². The summed E-state index contributed by atoms with van der Waals surface area (Å²) >= 11 is 0. The molecule has 1 N–H and O–H groups in total. The monoisotopic (exact) mass is 339 g/mol. The van der Waals surface area contributed by atoms with Crippen molar-refractivity contribution in [3.8, 4) is 0 Å². The van der Waals surface area contributed by atoms with Gasteiger partial charge in [0.15, 0.2) is 0 Å². The van der Waals surface area contributed by atoms with Crippen molar-refractivity contribution in [1.82, 2.24) is 0 Å². The number of anilines is 1. The molecule has 0 spiro atoms. The maximum Gasteiger partial charge on any atom is 0 e. The zero-order valence-corrected chi connectivity index (χ0v) is 13.3. The van der Waals surface area contributed by atoms with Crippen molar-refractivity contribution < 1.29 is 36.4 Å². The number of benzene rings is 1. The van der Waals surface area contributed by atoms with Crippen molar-refractivity contribution in [3.05, 3.63) is 49.8 Å². The van der Waals surface area contributed by atoms with Gasteiger partial charge in [-0.25, -0.2) is 0 Å². The average Bonchev–Trinajstić information content (AvgIpc) is 3.17. The molecule has 3 rings (SSSR count). The zero-order valence-electron chi connectivity index (χ0n) is 12.0. The molecule has 1 aromatic rings. The summed E-state index contributed by atoms with van der Waals surface area (Å²) in [6.07, 6.45) is 3.51. The molecule has 0 bridgehead atoms. The van der Waals surface area contributed by atoms with Crippen molar-refractivity contribution in [2.75, 3.05) is 18.1 Å². The average molecular weight is 339 g/mol. The molecule has 1 fully saturated rings. The maximum atomic E-state index is 9.15. The fourth-order valence-electron chi connectivity index (χ4n) is 3.27. The van der Waals surface area contributed by atoms with E-state index in [1.807, 2.05) is 0 Å². The largest absolute Gasteiger partial charge is 0 e. The Kier molecular flexibility index (Phi) is 14.0. The zero-order chi connectivity index (χ0) is 16.3. The minimum Gasteiger partial charge on any atom is 0 e. The van der Waals surface area contributed by atoms with E-state index >= 15 is 0 Å². The summed E-state index contributed by atoms with van der Waals surface area (Å²) in [5.74, 6) is 0.564. The van der Waals surface area contributed by atoms with Crippen molar-refractivity contribution >= 4 is 5.69 Å². The summed E-state index contributed by atoms with van der Waals surface area (Å²) in [4.78, 5) is 2.54. The van der Waals surface area contributed by atoms with Gasteiger partial charge in [-0.05, 0) is 30.9 Å². The van der Waals surface area contributed by atoms with E-state index in [4.69, 9.17) is 19.1 Å². The van der Waals surface area contributed by atoms with Gasteiger partial charge in [-0.1, -0.05) is 18.2 Å².